The first-order valence-electron chi connectivity index (χ1n) is 6.44. The molecule has 0 aromatic heterocycles. The molecule has 0 aliphatic carbocycles. The zero-order chi connectivity index (χ0) is 13.1. The molecule has 0 unspecified atom stereocenters. The van der Waals surface area contributed by atoms with E-state index in [0.29, 0.717) is 5.75 Å². The number of para-hydroxylation sites is 1. The Bertz CT molecular complexity index is 639. The minimum Gasteiger partial charge on any atom is -0.508 e. The number of fused-ring (bicyclic) bond motifs is 1. The van der Waals surface area contributed by atoms with Crippen LogP contribution < -0.4 is 0 Å². The quantitative estimate of drug-likeness (QED) is 0.853. The van der Waals surface area contributed by atoms with Gasteiger partial charge in [0, 0.05) is 5.71 Å². The van der Waals surface area contributed by atoms with E-state index in [1.54, 1.807) is 12.1 Å². The van der Waals surface area contributed by atoms with E-state index in [4.69, 9.17) is 0 Å². The van der Waals surface area contributed by atoms with Gasteiger partial charge in [0.15, 0.2) is 0 Å². The molecule has 19 heavy (non-hydrogen) atoms. The molecule has 0 saturated carbocycles. The predicted molar refractivity (Wildman–Crippen MR) is 79.0 cm³/mol. The van der Waals surface area contributed by atoms with Crippen LogP contribution in [0.4, 0.5) is 5.69 Å². The van der Waals surface area contributed by atoms with Crippen LogP contribution in [0.5, 0.6) is 5.75 Å². The van der Waals surface area contributed by atoms with Crippen molar-refractivity contribution in [2.75, 3.05) is 0 Å². The highest BCUT2D eigenvalue weighted by Crippen LogP contribution is 2.25. The third-order valence-electron chi connectivity index (χ3n) is 3.27. The van der Waals surface area contributed by atoms with Crippen molar-refractivity contribution in [2.45, 2.75) is 12.8 Å². The maximum atomic E-state index is 9.24. The van der Waals surface area contributed by atoms with E-state index < -0.39 is 0 Å². The van der Waals surface area contributed by atoms with Gasteiger partial charge in [0.1, 0.15) is 5.75 Å². The van der Waals surface area contributed by atoms with Crippen LogP contribution in [0.2, 0.25) is 0 Å². The van der Waals surface area contributed by atoms with Gasteiger partial charge in [-0.3, -0.25) is 4.99 Å². The first kappa shape index (κ1) is 11.7. The molecule has 1 aliphatic heterocycles. The molecule has 0 bridgehead atoms. The number of nitrogens with zero attached hydrogens (tertiary/aromatic N) is 1. The highest BCUT2D eigenvalue weighted by molar-refractivity contribution is 6.01. The van der Waals surface area contributed by atoms with Crippen LogP contribution >= 0.6 is 0 Å². The summed E-state index contributed by atoms with van der Waals surface area (Å²) in [5, 5.41) is 9.24. The third-order valence-corrected chi connectivity index (χ3v) is 3.27. The van der Waals surface area contributed by atoms with Gasteiger partial charge < -0.3 is 5.11 Å². The molecule has 1 N–H and O–H groups in total. The maximum absolute atomic E-state index is 9.24. The number of aliphatic imine (C=N–C) groups is 1. The largest absolute Gasteiger partial charge is 0.508 e. The Kier molecular flexibility index (Phi) is 3.15. The first-order chi connectivity index (χ1) is 9.31. The number of phenols is 1. The Hall–Kier alpha value is -2.35. The second-order valence-electron chi connectivity index (χ2n) is 4.66. The van der Waals surface area contributed by atoms with Crippen molar-refractivity contribution in [1.82, 2.24) is 0 Å². The molecule has 2 nitrogen and oxygen atoms in total. The van der Waals surface area contributed by atoms with Gasteiger partial charge in [-0.1, -0.05) is 36.4 Å². The van der Waals surface area contributed by atoms with Gasteiger partial charge in [-0.25, -0.2) is 0 Å². The highest BCUT2D eigenvalue weighted by atomic mass is 16.3. The number of allylic oxidation sites excluding steroid dienone is 1. The van der Waals surface area contributed by atoms with E-state index in [1.807, 2.05) is 24.3 Å². The minimum atomic E-state index is 0.293. The fraction of sp³-hybridized carbons (Fsp3) is 0.118. The summed E-state index contributed by atoms with van der Waals surface area (Å²) in [7, 11) is 0. The second kappa shape index (κ2) is 5.11. The average Bonchev–Trinajstić information content (AvgIpc) is 2.46. The molecule has 0 radical (unpaired) electrons. The highest BCUT2D eigenvalue weighted by Gasteiger charge is 2.08. The summed E-state index contributed by atoms with van der Waals surface area (Å²) < 4.78 is 0. The van der Waals surface area contributed by atoms with Crippen molar-refractivity contribution in [3.8, 4) is 5.75 Å². The molecular weight excluding hydrogens is 234 g/mol. The lowest BCUT2D eigenvalue weighted by Gasteiger charge is -2.12. The molecule has 0 fully saturated rings. The van der Waals surface area contributed by atoms with Crippen LogP contribution in [0.25, 0.3) is 6.08 Å². The summed E-state index contributed by atoms with van der Waals surface area (Å²) in [6.45, 7) is 0. The van der Waals surface area contributed by atoms with E-state index in [9.17, 15) is 5.11 Å². The summed E-state index contributed by atoms with van der Waals surface area (Å²) >= 11 is 0. The number of phenolic OH excluding ortho intramolecular Hbond substituents is 1. The van der Waals surface area contributed by atoms with Crippen molar-refractivity contribution in [3.63, 3.8) is 0 Å². The van der Waals surface area contributed by atoms with Crippen molar-refractivity contribution >= 4 is 17.5 Å². The SMILES string of the molecule is Oc1ccc(/C=C/C2=Nc3ccccc3CC2)cc1. The molecule has 0 spiro atoms. The standard InChI is InChI=1S/C17H15NO/c19-16-11-6-13(7-12-16)5-9-15-10-8-14-3-1-2-4-17(14)18-15/h1-7,9,11-12,19H,8,10H2/b9-5+. The first-order valence-corrected chi connectivity index (χ1v) is 6.44. The number of rotatable bonds is 2. The van der Waals surface area contributed by atoms with Gasteiger partial charge in [0.05, 0.1) is 5.69 Å². The molecule has 3 rings (SSSR count). The monoisotopic (exact) mass is 249 g/mol. The lowest BCUT2D eigenvalue weighted by atomic mass is 10.0. The zero-order valence-electron chi connectivity index (χ0n) is 10.6. The Labute approximate surface area is 112 Å². The summed E-state index contributed by atoms with van der Waals surface area (Å²) in [4.78, 5) is 4.66. The summed E-state index contributed by atoms with van der Waals surface area (Å²) in [6.07, 6.45) is 6.12. The Balaban J connectivity index is 1.81. The van der Waals surface area contributed by atoms with Crippen LogP contribution in [-0.2, 0) is 6.42 Å². The Morgan fingerprint density at radius 2 is 1.68 bits per heavy atom. The van der Waals surface area contributed by atoms with Crippen LogP contribution in [0.1, 0.15) is 17.5 Å². The van der Waals surface area contributed by atoms with Crippen molar-refractivity contribution < 1.29 is 5.11 Å². The lowest BCUT2D eigenvalue weighted by Crippen LogP contribution is -2.02. The van der Waals surface area contributed by atoms with E-state index >= 15 is 0 Å². The molecular formula is C17H15NO. The van der Waals surface area contributed by atoms with Crippen LogP contribution in [0.15, 0.2) is 59.6 Å². The smallest absolute Gasteiger partial charge is 0.115 e. The molecule has 1 aliphatic rings. The number of aryl methyl sites for hydroxylation is 1. The van der Waals surface area contributed by atoms with Crippen molar-refractivity contribution in [1.29, 1.82) is 0 Å². The van der Waals surface area contributed by atoms with E-state index in [-0.39, 0.29) is 0 Å². The minimum absolute atomic E-state index is 0.293. The van der Waals surface area contributed by atoms with Crippen LogP contribution in [0.3, 0.4) is 0 Å². The second-order valence-corrected chi connectivity index (χ2v) is 4.66. The van der Waals surface area contributed by atoms with E-state index in [0.717, 1.165) is 29.8 Å². The molecule has 94 valence electrons. The molecule has 2 heteroatoms. The molecule has 1 heterocycles. The van der Waals surface area contributed by atoms with Gasteiger partial charge in [-0.2, -0.15) is 0 Å². The lowest BCUT2D eigenvalue weighted by molar-refractivity contribution is 0.475. The van der Waals surface area contributed by atoms with E-state index in [2.05, 4.69) is 29.3 Å². The maximum Gasteiger partial charge on any atom is 0.115 e. The molecule has 2 aromatic carbocycles. The van der Waals surface area contributed by atoms with Crippen LogP contribution in [-0.4, -0.2) is 10.8 Å². The Morgan fingerprint density at radius 3 is 2.53 bits per heavy atom. The predicted octanol–water partition coefficient (Wildman–Crippen LogP) is 4.12. The van der Waals surface area contributed by atoms with Gasteiger partial charge >= 0.3 is 0 Å². The summed E-state index contributed by atoms with van der Waals surface area (Å²) in [6, 6.07) is 15.4. The summed E-state index contributed by atoms with van der Waals surface area (Å²) in [5.74, 6) is 0.293. The molecule has 2 aromatic rings. The summed E-state index contributed by atoms with van der Waals surface area (Å²) in [5.41, 5.74) is 4.58. The molecule has 0 saturated heterocycles. The van der Waals surface area contributed by atoms with Gasteiger partial charge in [0.25, 0.3) is 0 Å². The van der Waals surface area contributed by atoms with Crippen LogP contribution in [0, 0.1) is 0 Å². The van der Waals surface area contributed by atoms with Crippen molar-refractivity contribution in [2.24, 2.45) is 4.99 Å². The zero-order valence-corrected chi connectivity index (χ0v) is 10.6. The number of hydrogen-bond acceptors (Lipinski definition) is 2. The van der Waals surface area contributed by atoms with Gasteiger partial charge in [-0.15, -0.1) is 0 Å². The Morgan fingerprint density at radius 1 is 0.895 bits per heavy atom. The van der Waals surface area contributed by atoms with Crippen molar-refractivity contribution in [3.05, 3.63) is 65.7 Å². The van der Waals surface area contributed by atoms with Gasteiger partial charge in [0.2, 0.25) is 0 Å². The third kappa shape index (κ3) is 2.74. The number of aromatic hydroxyl groups is 1. The molecule has 0 atom stereocenters. The topological polar surface area (TPSA) is 32.6 Å². The van der Waals surface area contributed by atoms with Gasteiger partial charge in [-0.05, 0) is 48.2 Å². The fourth-order valence-corrected chi connectivity index (χ4v) is 2.20. The van der Waals surface area contributed by atoms with E-state index in [1.165, 1.54) is 5.56 Å². The normalized spacial score (nSPS) is 14.2. The average molecular weight is 249 g/mol. The number of benzene rings is 2. The number of hydrogen-bond donors (Lipinski definition) is 1. The fourth-order valence-electron chi connectivity index (χ4n) is 2.20. The molecule has 0 amide bonds.